The van der Waals surface area contributed by atoms with Gasteiger partial charge in [0.2, 0.25) is 0 Å². The highest BCUT2D eigenvalue weighted by atomic mass is 32.1. The average Bonchev–Trinajstić information content (AvgIpc) is 2.76. The topological polar surface area (TPSA) is 99.1 Å². The molecule has 1 aromatic heterocycles. The number of hydrogen-bond acceptors (Lipinski definition) is 8. The molecule has 8 heteroatoms. The van der Waals surface area contributed by atoms with E-state index in [-0.39, 0.29) is 37.4 Å². The van der Waals surface area contributed by atoms with Crippen LogP contribution in [0.3, 0.4) is 0 Å². The fourth-order valence-corrected chi connectivity index (χ4v) is 3.90. The molecule has 0 amide bonds. The lowest BCUT2D eigenvalue weighted by Gasteiger charge is -2.13. The molecule has 0 fully saturated rings. The predicted octanol–water partition coefficient (Wildman–Crippen LogP) is 2.68. The molecule has 0 saturated heterocycles. The molecule has 30 heavy (non-hydrogen) atoms. The summed E-state index contributed by atoms with van der Waals surface area (Å²) < 4.78 is 16.6. The molecule has 0 saturated carbocycles. The molecule has 0 radical (unpaired) electrons. The van der Waals surface area contributed by atoms with Gasteiger partial charge in [0, 0.05) is 20.9 Å². The summed E-state index contributed by atoms with van der Waals surface area (Å²) in [7, 11) is 0. The van der Waals surface area contributed by atoms with Gasteiger partial charge in [0.25, 0.3) is 0 Å². The van der Waals surface area contributed by atoms with Crippen LogP contribution in [-0.2, 0) is 19.0 Å². The maximum Gasteiger partial charge on any atom is 0.339 e. The summed E-state index contributed by atoms with van der Waals surface area (Å²) in [5.41, 5.74) is -0.0752. The zero-order valence-corrected chi connectivity index (χ0v) is 16.9. The molecule has 0 aliphatic heterocycles. The number of hydrogen-bond donors (Lipinski definition) is 1. The summed E-state index contributed by atoms with van der Waals surface area (Å²) in [5.74, 6) is -1.26. The molecule has 0 aliphatic carbocycles. The lowest BCUT2D eigenvalue weighted by Crippen LogP contribution is -2.25. The summed E-state index contributed by atoms with van der Waals surface area (Å²) >= 11 is 1.42. The molecule has 1 unspecified atom stereocenters. The second-order valence-electron chi connectivity index (χ2n) is 6.30. The molecule has 1 atom stereocenters. The van der Waals surface area contributed by atoms with Gasteiger partial charge in [-0.1, -0.05) is 24.8 Å². The second-order valence-corrected chi connectivity index (χ2v) is 7.39. The van der Waals surface area contributed by atoms with Crippen molar-refractivity contribution in [3.63, 3.8) is 0 Å². The predicted molar refractivity (Wildman–Crippen MR) is 114 cm³/mol. The molecule has 1 N–H and O–H groups in total. The highest BCUT2D eigenvalue weighted by Gasteiger charge is 2.17. The Hall–Kier alpha value is -3.07. The van der Waals surface area contributed by atoms with E-state index in [1.165, 1.54) is 17.4 Å². The van der Waals surface area contributed by atoms with Gasteiger partial charge in [0.05, 0.1) is 24.2 Å². The smallest absolute Gasteiger partial charge is 0.339 e. The maximum atomic E-state index is 12.9. The number of carbonyl (C=O) groups excluding carboxylic acids is 2. The Balaban J connectivity index is 1.63. The van der Waals surface area contributed by atoms with Crippen molar-refractivity contribution in [2.24, 2.45) is 0 Å². The largest absolute Gasteiger partial charge is 0.460 e. The molecule has 3 rings (SSSR count). The van der Waals surface area contributed by atoms with Crippen LogP contribution in [0.25, 0.3) is 20.2 Å². The number of aliphatic hydroxyl groups excluding tert-OH is 1. The van der Waals surface area contributed by atoms with E-state index < -0.39 is 18.0 Å². The standard InChI is InChI=1S/C22H20O7S/c1-2-19(24)28-11-10-27-12-14(23)13-29-22(26)16-7-5-9-18-20(16)21(25)15-6-3-4-8-17(15)30-18/h2-9,14,23H,1,10-13H2. The zero-order valence-electron chi connectivity index (χ0n) is 16.0. The highest BCUT2D eigenvalue weighted by molar-refractivity contribution is 7.24. The first-order valence-corrected chi connectivity index (χ1v) is 9.99. The van der Waals surface area contributed by atoms with Crippen molar-refractivity contribution in [3.8, 4) is 0 Å². The van der Waals surface area contributed by atoms with E-state index in [1.807, 2.05) is 12.1 Å². The Morgan fingerprint density at radius 3 is 2.60 bits per heavy atom. The minimum Gasteiger partial charge on any atom is -0.460 e. The van der Waals surface area contributed by atoms with E-state index in [1.54, 1.807) is 24.3 Å². The Kier molecular flexibility index (Phi) is 7.29. The Labute approximate surface area is 176 Å². The van der Waals surface area contributed by atoms with Gasteiger partial charge in [-0.25, -0.2) is 9.59 Å². The number of fused-ring (bicyclic) bond motifs is 2. The minimum atomic E-state index is -1.06. The zero-order chi connectivity index (χ0) is 21.5. The maximum absolute atomic E-state index is 12.9. The lowest BCUT2D eigenvalue weighted by atomic mass is 10.1. The van der Waals surface area contributed by atoms with E-state index in [9.17, 15) is 19.5 Å². The highest BCUT2D eigenvalue weighted by Crippen LogP contribution is 2.26. The van der Waals surface area contributed by atoms with Crippen LogP contribution >= 0.6 is 11.3 Å². The minimum absolute atomic E-state index is 0.0226. The molecule has 0 aliphatic rings. The van der Waals surface area contributed by atoms with Gasteiger partial charge in [-0.05, 0) is 24.3 Å². The van der Waals surface area contributed by atoms with Crippen molar-refractivity contribution in [1.82, 2.24) is 0 Å². The van der Waals surface area contributed by atoms with E-state index >= 15 is 0 Å². The van der Waals surface area contributed by atoms with Gasteiger partial charge in [-0.2, -0.15) is 0 Å². The Bertz CT molecular complexity index is 1140. The summed E-state index contributed by atoms with van der Waals surface area (Å²) in [6.45, 7) is 2.98. The summed E-state index contributed by atoms with van der Waals surface area (Å²) in [4.78, 5) is 36.4. The molecule has 7 nitrogen and oxygen atoms in total. The molecular formula is C22H20O7S. The van der Waals surface area contributed by atoms with Gasteiger partial charge in [-0.15, -0.1) is 11.3 Å². The number of ether oxygens (including phenoxy) is 3. The number of benzene rings is 2. The lowest BCUT2D eigenvalue weighted by molar-refractivity contribution is -0.139. The van der Waals surface area contributed by atoms with E-state index in [0.29, 0.717) is 15.5 Å². The third kappa shape index (κ3) is 5.10. The monoisotopic (exact) mass is 428 g/mol. The van der Waals surface area contributed by atoms with Crippen molar-refractivity contribution in [1.29, 1.82) is 0 Å². The van der Waals surface area contributed by atoms with Gasteiger partial charge in [0.15, 0.2) is 5.43 Å². The molecule has 1 heterocycles. The number of carbonyl (C=O) groups is 2. The molecule has 0 bridgehead atoms. The van der Waals surface area contributed by atoms with Crippen LogP contribution in [0, 0.1) is 0 Å². The van der Waals surface area contributed by atoms with Gasteiger partial charge in [-0.3, -0.25) is 4.79 Å². The summed E-state index contributed by atoms with van der Waals surface area (Å²) in [6, 6.07) is 12.2. The van der Waals surface area contributed by atoms with Crippen molar-refractivity contribution >= 4 is 43.4 Å². The van der Waals surface area contributed by atoms with Crippen LogP contribution in [0.5, 0.6) is 0 Å². The van der Waals surface area contributed by atoms with E-state index in [0.717, 1.165) is 10.8 Å². The number of rotatable bonds is 9. The second kappa shape index (κ2) is 10.1. The SMILES string of the molecule is C=CC(=O)OCCOCC(O)COC(=O)c1cccc2sc3ccccc3c(=O)c12. The van der Waals surface area contributed by atoms with Crippen molar-refractivity contribution in [2.45, 2.75) is 6.10 Å². The van der Waals surface area contributed by atoms with Crippen LogP contribution in [0.15, 0.2) is 59.9 Å². The Morgan fingerprint density at radius 1 is 1.03 bits per heavy atom. The van der Waals surface area contributed by atoms with Crippen LogP contribution < -0.4 is 5.43 Å². The summed E-state index contributed by atoms with van der Waals surface area (Å²) in [5, 5.41) is 10.8. The van der Waals surface area contributed by atoms with E-state index in [2.05, 4.69) is 6.58 Å². The first-order chi connectivity index (χ1) is 14.5. The molecule has 0 spiro atoms. The average molecular weight is 428 g/mol. The van der Waals surface area contributed by atoms with Gasteiger partial charge < -0.3 is 19.3 Å². The molecular weight excluding hydrogens is 408 g/mol. The van der Waals surface area contributed by atoms with Crippen LogP contribution in [0.2, 0.25) is 0 Å². The molecule has 3 aromatic rings. The fourth-order valence-electron chi connectivity index (χ4n) is 2.79. The Morgan fingerprint density at radius 2 is 1.80 bits per heavy atom. The quantitative estimate of drug-likeness (QED) is 0.242. The third-order valence-electron chi connectivity index (χ3n) is 4.18. The third-order valence-corrected chi connectivity index (χ3v) is 5.32. The first-order valence-electron chi connectivity index (χ1n) is 9.18. The van der Waals surface area contributed by atoms with Gasteiger partial charge in [0.1, 0.15) is 19.3 Å². The van der Waals surface area contributed by atoms with Gasteiger partial charge >= 0.3 is 11.9 Å². The molecule has 2 aromatic carbocycles. The van der Waals surface area contributed by atoms with Crippen LogP contribution in [0.1, 0.15) is 10.4 Å². The van der Waals surface area contributed by atoms with Crippen molar-refractivity contribution in [2.75, 3.05) is 26.4 Å². The van der Waals surface area contributed by atoms with E-state index in [4.69, 9.17) is 14.2 Å². The van der Waals surface area contributed by atoms with Crippen molar-refractivity contribution < 1.29 is 28.9 Å². The normalized spacial score (nSPS) is 11.9. The first kappa shape index (κ1) is 21.6. The van der Waals surface area contributed by atoms with Crippen LogP contribution in [-0.4, -0.2) is 49.6 Å². The fraction of sp³-hybridized carbons (Fsp3) is 0.227. The summed E-state index contributed by atoms with van der Waals surface area (Å²) in [6.07, 6.45) is -0.0206. The van der Waals surface area contributed by atoms with Crippen molar-refractivity contribution in [3.05, 3.63) is 70.9 Å². The van der Waals surface area contributed by atoms with Crippen LogP contribution in [0.4, 0.5) is 0 Å². The number of esters is 2. The number of aliphatic hydroxyl groups is 1. The molecule has 156 valence electrons.